The Labute approximate surface area is 148 Å². The zero-order valence-corrected chi connectivity index (χ0v) is 14.9. The second-order valence-corrected chi connectivity index (χ2v) is 6.76. The fourth-order valence-corrected chi connectivity index (χ4v) is 3.22. The van der Waals surface area contributed by atoms with Crippen molar-refractivity contribution in [2.24, 2.45) is 0 Å². The summed E-state index contributed by atoms with van der Waals surface area (Å²) in [4.78, 5) is 25.7. The number of halogens is 1. The molecule has 3 rings (SSSR count). The van der Waals surface area contributed by atoms with E-state index in [0.29, 0.717) is 30.2 Å². The number of amides is 1. The third-order valence-corrected chi connectivity index (χ3v) is 4.46. The van der Waals surface area contributed by atoms with Gasteiger partial charge in [0.05, 0.1) is 6.07 Å². The van der Waals surface area contributed by atoms with Gasteiger partial charge in [-0.3, -0.25) is 4.79 Å². The maximum atomic E-state index is 12.5. The number of piperidine rings is 1. The first-order chi connectivity index (χ1) is 11.5. The molecule has 1 aliphatic rings. The van der Waals surface area contributed by atoms with E-state index in [2.05, 4.69) is 15.9 Å². The van der Waals surface area contributed by atoms with Crippen LogP contribution in [-0.4, -0.2) is 30.0 Å². The number of benzene rings is 1. The first-order valence-corrected chi connectivity index (χ1v) is 8.64. The molecule has 0 spiro atoms. The summed E-state index contributed by atoms with van der Waals surface area (Å²) in [6, 6.07) is 10.5. The number of carbonyl (C=O) groups is 1. The monoisotopic (exact) mass is 391 g/mol. The van der Waals surface area contributed by atoms with E-state index in [-0.39, 0.29) is 12.0 Å². The molecule has 1 aliphatic heterocycles. The number of carbonyl (C=O) groups excluding carboxylic acids is 1. The molecule has 126 valence electrons. The van der Waals surface area contributed by atoms with E-state index in [9.17, 15) is 9.59 Å². The van der Waals surface area contributed by atoms with Gasteiger partial charge < -0.3 is 14.1 Å². The Morgan fingerprint density at radius 3 is 2.67 bits per heavy atom. The fourth-order valence-electron chi connectivity index (χ4n) is 2.82. The van der Waals surface area contributed by atoms with Crippen LogP contribution in [0.2, 0.25) is 0 Å². The summed E-state index contributed by atoms with van der Waals surface area (Å²) < 4.78 is 11.7. The number of ether oxygens (including phenoxy) is 1. The summed E-state index contributed by atoms with van der Waals surface area (Å²) in [6.45, 7) is 2.99. The Morgan fingerprint density at radius 1 is 1.25 bits per heavy atom. The van der Waals surface area contributed by atoms with Gasteiger partial charge in [0.25, 0.3) is 5.91 Å². The van der Waals surface area contributed by atoms with Gasteiger partial charge in [0.2, 0.25) is 0 Å². The van der Waals surface area contributed by atoms with Crippen molar-refractivity contribution in [1.29, 1.82) is 0 Å². The Balaban J connectivity index is 1.59. The highest BCUT2D eigenvalue weighted by Gasteiger charge is 2.25. The van der Waals surface area contributed by atoms with Crippen molar-refractivity contribution >= 4 is 21.8 Å². The third kappa shape index (κ3) is 4.06. The van der Waals surface area contributed by atoms with Crippen LogP contribution >= 0.6 is 15.9 Å². The molecule has 0 aliphatic carbocycles. The molecule has 1 amide bonds. The fraction of sp³-hybridized carbons (Fsp3) is 0.333. The molecule has 2 aromatic rings. The highest BCUT2D eigenvalue weighted by molar-refractivity contribution is 9.10. The van der Waals surface area contributed by atoms with Crippen LogP contribution in [-0.2, 0) is 0 Å². The number of hydrogen-bond acceptors (Lipinski definition) is 4. The summed E-state index contributed by atoms with van der Waals surface area (Å²) in [5, 5.41) is 0. The highest BCUT2D eigenvalue weighted by atomic mass is 79.9. The van der Waals surface area contributed by atoms with Crippen LogP contribution in [0, 0.1) is 6.92 Å². The van der Waals surface area contributed by atoms with Gasteiger partial charge in [-0.25, -0.2) is 4.79 Å². The topological polar surface area (TPSA) is 59.8 Å². The number of nitrogens with zero attached hydrogens (tertiary/aromatic N) is 1. The molecule has 1 aromatic heterocycles. The van der Waals surface area contributed by atoms with Gasteiger partial charge in [-0.05, 0) is 25.1 Å². The summed E-state index contributed by atoms with van der Waals surface area (Å²) in [7, 11) is 0. The summed E-state index contributed by atoms with van der Waals surface area (Å²) in [5.41, 5.74) is 0.271. The molecular weight excluding hydrogens is 374 g/mol. The molecule has 0 bridgehead atoms. The second kappa shape index (κ2) is 7.21. The zero-order valence-electron chi connectivity index (χ0n) is 13.3. The Hall–Kier alpha value is -2.08. The van der Waals surface area contributed by atoms with Gasteiger partial charge in [-0.1, -0.05) is 22.0 Å². The lowest BCUT2D eigenvalue weighted by Crippen LogP contribution is -2.41. The van der Waals surface area contributed by atoms with E-state index in [1.807, 2.05) is 29.2 Å². The molecular formula is C18H18BrNO4. The summed E-state index contributed by atoms with van der Waals surface area (Å²) in [6.07, 6.45) is 1.47. The molecule has 0 unspecified atom stereocenters. The first kappa shape index (κ1) is 16.8. The van der Waals surface area contributed by atoms with Crippen LogP contribution in [0.3, 0.4) is 0 Å². The first-order valence-electron chi connectivity index (χ1n) is 7.84. The van der Waals surface area contributed by atoms with Gasteiger partial charge in [0, 0.05) is 42.0 Å². The summed E-state index contributed by atoms with van der Waals surface area (Å²) in [5.74, 6) is 1.09. The van der Waals surface area contributed by atoms with Crippen molar-refractivity contribution in [2.75, 3.05) is 13.1 Å². The Kier molecular flexibility index (Phi) is 5.04. The predicted octanol–water partition coefficient (Wildman–Crippen LogP) is 3.39. The quantitative estimate of drug-likeness (QED) is 0.804. The number of hydrogen-bond donors (Lipinski definition) is 0. The van der Waals surface area contributed by atoms with Gasteiger partial charge in [0.1, 0.15) is 17.6 Å². The standard InChI is InChI=1S/C18H18BrNO4/c1-12-9-16(11-17(21)23-12)24-15-5-7-20(8-6-15)18(22)13-3-2-4-14(19)10-13/h2-4,9-11,15H,5-8H2,1H3. The number of rotatable bonds is 3. The molecule has 0 atom stereocenters. The van der Waals surface area contributed by atoms with E-state index in [4.69, 9.17) is 9.15 Å². The van der Waals surface area contributed by atoms with Gasteiger partial charge in [-0.2, -0.15) is 0 Å². The third-order valence-electron chi connectivity index (χ3n) is 3.97. The minimum Gasteiger partial charge on any atom is -0.490 e. The van der Waals surface area contributed by atoms with Crippen LogP contribution < -0.4 is 10.4 Å². The lowest BCUT2D eigenvalue weighted by atomic mass is 10.1. The van der Waals surface area contributed by atoms with Gasteiger partial charge in [0.15, 0.2) is 0 Å². The maximum absolute atomic E-state index is 12.5. The van der Waals surface area contributed by atoms with Crippen LogP contribution in [0.15, 0.2) is 50.1 Å². The van der Waals surface area contributed by atoms with E-state index in [1.54, 1.807) is 13.0 Å². The van der Waals surface area contributed by atoms with Crippen molar-refractivity contribution in [1.82, 2.24) is 4.90 Å². The molecule has 2 heterocycles. The number of likely N-dealkylation sites (tertiary alicyclic amines) is 1. The average Bonchev–Trinajstić information content (AvgIpc) is 2.54. The molecule has 5 nitrogen and oxygen atoms in total. The normalized spacial score (nSPS) is 15.3. The lowest BCUT2D eigenvalue weighted by molar-refractivity contribution is 0.0594. The van der Waals surface area contributed by atoms with Crippen LogP contribution in [0.5, 0.6) is 5.75 Å². The molecule has 0 saturated carbocycles. The van der Waals surface area contributed by atoms with E-state index in [0.717, 1.165) is 17.3 Å². The lowest BCUT2D eigenvalue weighted by Gasteiger charge is -2.32. The van der Waals surface area contributed by atoms with E-state index in [1.165, 1.54) is 6.07 Å². The SMILES string of the molecule is Cc1cc(OC2CCN(C(=O)c3cccc(Br)c3)CC2)cc(=O)o1. The van der Waals surface area contributed by atoms with Crippen molar-refractivity contribution in [2.45, 2.75) is 25.9 Å². The van der Waals surface area contributed by atoms with Gasteiger partial charge >= 0.3 is 5.63 Å². The Bertz CT molecular complexity index is 794. The zero-order chi connectivity index (χ0) is 17.1. The van der Waals surface area contributed by atoms with Crippen molar-refractivity contribution in [3.05, 3.63) is 62.6 Å². The average molecular weight is 392 g/mol. The molecule has 0 radical (unpaired) electrons. The smallest absolute Gasteiger partial charge is 0.339 e. The predicted molar refractivity (Wildman–Crippen MR) is 93.4 cm³/mol. The van der Waals surface area contributed by atoms with Crippen molar-refractivity contribution in [3.63, 3.8) is 0 Å². The molecule has 0 N–H and O–H groups in total. The van der Waals surface area contributed by atoms with E-state index < -0.39 is 5.63 Å². The van der Waals surface area contributed by atoms with Crippen molar-refractivity contribution in [3.8, 4) is 5.75 Å². The molecule has 1 aromatic carbocycles. The Morgan fingerprint density at radius 2 is 2.00 bits per heavy atom. The van der Waals surface area contributed by atoms with E-state index >= 15 is 0 Å². The molecule has 24 heavy (non-hydrogen) atoms. The van der Waals surface area contributed by atoms with Crippen molar-refractivity contribution < 1.29 is 13.9 Å². The molecule has 1 saturated heterocycles. The second-order valence-electron chi connectivity index (χ2n) is 5.84. The van der Waals surface area contributed by atoms with Crippen LogP contribution in [0.25, 0.3) is 0 Å². The molecule has 1 fully saturated rings. The van der Waals surface area contributed by atoms with Crippen LogP contribution in [0.4, 0.5) is 0 Å². The number of aryl methyl sites for hydroxylation is 1. The summed E-state index contributed by atoms with van der Waals surface area (Å²) >= 11 is 3.39. The largest absolute Gasteiger partial charge is 0.490 e. The maximum Gasteiger partial charge on any atom is 0.339 e. The highest BCUT2D eigenvalue weighted by Crippen LogP contribution is 2.21. The minimum absolute atomic E-state index is 0.00207. The van der Waals surface area contributed by atoms with Gasteiger partial charge in [-0.15, -0.1) is 0 Å². The minimum atomic E-state index is -0.410. The molecule has 6 heteroatoms. The van der Waals surface area contributed by atoms with Crippen LogP contribution in [0.1, 0.15) is 29.0 Å².